The van der Waals surface area contributed by atoms with Gasteiger partial charge < -0.3 is 5.11 Å². The van der Waals surface area contributed by atoms with Crippen LogP contribution in [0.1, 0.15) is 20.8 Å². The summed E-state index contributed by atoms with van der Waals surface area (Å²) in [6.07, 6.45) is 1.02. The van der Waals surface area contributed by atoms with E-state index in [1.165, 1.54) is 6.92 Å². The Morgan fingerprint density at radius 2 is 1.82 bits per heavy atom. The maximum atomic E-state index is 12.3. The van der Waals surface area contributed by atoms with Crippen LogP contribution in [0.4, 0.5) is 4.39 Å². The van der Waals surface area contributed by atoms with Crippen LogP contribution in [0.3, 0.4) is 0 Å². The Labute approximate surface area is 67.6 Å². The molecule has 0 amide bonds. The van der Waals surface area contributed by atoms with E-state index in [2.05, 4.69) is 13.2 Å². The van der Waals surface area contributed by atoms with Gasteiger partial charge >= 0.3 is 0 Å². The molecule has 0 aliphatic carbocycles. The van der Waals surface area contributed by atoms with Crippen molar-refractivity contribution < 1.29 is 9.50 Å². The zero-order valence-corrected chi connectivity index (χ0v) is 7.32. The molecule has 64 valence electrons. The van der Waals surface area contributed by atoms with E-state index in [1.807, 2.05) is 13.8 Å². The molecule has 0 heterocycles. The summed E-state index contributed by atoms with van der Waals surface area (Å²) in [7, 11) is 0. The smallest absolute Gasteiger partial charge is 0.129 e. The number of aliphatic hydroxyl groups is 1. The lowest BCUT2D eigenvalue weighted by molar-refractivity contribution is 0.421. The average Bonchev–Trinajstić information content (AvgIpc) is 2.05. The van der Waals surface area contributed by atoms with E-state index in [9.17, 15) is 4.39 Å². The third-order valence-corrected chi connectivity index (χ3v) is 0.970. The highest BCUT2D eigenvalue weighted by Crippen LogP contribution is 2.11. The SMILES string of the molecule is C=C/C(F)=C(/C)C(=C)O.CC. The van der Waals surface area contributed by atoms with Crippen LogP contribution in [-0.2, 0) is 0 Å². The minimum Gasteiger partial charge on any atom is -0.508 e. The molecule has 2 heteroatoms. The molecular weight excluding hydrogens is 143 g/mol. The molecule has 1 N–H and O–H groups in total. The lowest BCUT2D eigenvalue weighted by Crippen LogP contribution is -1.82. The second-order valence-electron chi connectivity index (χ2n) is 1.62. The largest absolute Gasteiger partial charge is 0.508 e. The third-order valence-electron chi connectivity index (χ3n) is 0.970. The molecule has 0 unspecified atom stereocenters. The molecule has 0 aromatic heterocycles. The van der Waals surface area contributed by atoms with E-state index in [1.54, 1.807) is 0 Å². The number of halogens is 1. The fourth-order valence-corrected chi connectivity index (χ4v) is 0.291. The summed E-state index contributed by atoms with van der Waals surface area (Å²) < 4.78 is 12.3. The average molecular weight is 158 g/mol. The van der Waals surface area contributed by atoms with Crippen LogP contribution < -0.4 is 0 Å². The highest BCUT2D eigenvalue weighted by atomic mass is 19.1. The molecule has 11 heavy (non-hydrogen) atoms. The van der Waals surface area contributed by atoms with E-state index in [-0.39, 0.29) is 11.3 Å². The molecular formula is C9H15FO. The topological polar surface area (TPSA) is 20.2 Å². The number of hydrogen-bond donors (Lipinski definition) is 1. The molecule has 0 radical (unpaired) electrons. The van der Waals surface area contributed by atoms with Crippen molar-refractivity contribution in [3.05, 3.63) is 36.4 Å². The van der Waals surface area contributed by atoms with Crippen LogP contribution in [-0.4, -0.2) is 5.11 Å². The lowest BCUT2D eigenvalue weighted by Gasteiger charge is -1.95. The molecule has 0 aromatic carbocycles. The Hall–Kier alpha value is -1.05. The van der Waals surface area contributed by atoms with Gasteiger partial charge in [-0.15, -0.1) is 0 Å². The van der Waals surface area contributed by atoms with Gasteiger partial charge in [-0.1, -0.05) is 27.0 Å². The van der Waals surface area contributed by atoms with Gasteiger partial charge in [-0.25, -0.2) is 4.39 Å². The molecule has 0 fully saturated rings. The summed E-state index contributed by atoms with van der Waals surface area (Å²) in [6, 6.07) is 0. The van der Waals surface area contributed by atoms with E-state index >= 15 is 0 Å². The van der Waals surface area contributed by atoms with Crippen molar-refractivity contribution in [2.24, 2.45) is 0 Å². The Morgan fingerprint density at radius 1 is 1.45 bits per heavy atom. The maximum Gasteiger partial charge on any atom is 0.129 e. The molecule has 0 atom stereocenters. The Kier molecular flexibility index (Phi) is 8.10. The molecule has 0 saturated carbocycles. The maximum absolute atomic E-state index is 12.3. The van der Waals surface area contributed by atoms with Crippen LogP contribution in [0.5, 0.6) is 0 Å². The van der Waals surface area contributed by atoms with Crippen molar-refractivity contribution in [2.45, 2.75) is 20.8 Å². The first-order chi connectivity index (χ1) is 5.09. The monoisotopic (exact) mass is 158 g/mol. The van der Waals surface area contributed by atoms with Gasteiger partial charge in [0, 0.05) is 5.57 Å². The summed E-state index contributed by atoms with van der Waals surface area (Å²) in [5.41, 5.74) is 0.130. The van der Waals surface area contributed by atoms with E-state index in [0.29, 0.717) is 0 Å². The Bertz CT molecular complexity index is 168. The van der Waals surface area contributed by atoms with Crippen LogP contribution in [0.15, 0.2) is 36.4 Å². The second kappa shape index (κ2) is 7.06. The molecule has 0 aliphatic rings. The highest BCUT2D eigenvalue weighted by Gasteiger charge is 1.97. The first-order valence-electron chi connectivity index (χ1n) is 3.46. The first-order valence-corrected chi connectivity index (χ1v) is 3.46. The minimum absolute atomic E-state index is 0.130. The predicted molar refractivity (Wildman–Crippen MR) is 47.1 cm³/mol. The fraction of sp³-hybridized carbons (Fsp3) is 0.333. The molecule has 0 rings (SSSR count). The number of hydrogen-bond acceptors (Lipinski definition) is 1. The normalized spacial score (nSPS) is 10.5. The fourth-order valence-electron chi connectivity index (χ4n) is 0.291. The molecule has 0 aromatic rings. The molecule has 0 bridgehead atoms. The zero-order chi connectivity index (χ0) is 9.44. The van der Waals surface area contributed by atoms with Crippen molar-refractivity contribution in [1.82, 2.24) is 0 Å². The van der Waals surface area contributed by atoms with Gasteiger partial charge in [-0.2, -0.15) is 0 Å². The highest BCUT2D eigenvalue weighted by molar-refractivity contribution is 5.27. The summed E-state index contributed by atoms with van der Waals surface area (Å²) in [6.45, 7) is 11.7. The second-order valence-corrected chi connectivity index (χ2v) is 1.62. The number of rotatable bonds is 2. The van der Waals surface area contributed by atoms with Gasteiger partial charge in [0.2, 0.25) is 0 Å². The quantitative estimate of drug-likeness (QED) is 0.481. The van der Waals surface area contributed by atoms with Crippen LogP contribution in [0, 0.1) is 0 Å². The lowest BCUT2D eigenvalue weighted by atomic mass is 10.2. The van der Waals surface area contributed by atoms with Gasteiger partial charge in [-0.05, 0) is 13.0 Å². The van der Waals surface area contributed by atoms with Crippen LogP contribution in [0.2, 0.25) is 0 Å². The summed E-state index contributed by atoms with van der Waals surface area (Å²) in [5, 5.41) is 8.58. The van der Waals surface area contributed by atoms with Crippen molar-refractivity contribution in [2.75, 3.05) is 0 Å². The van der Waals surface area contributed by atoms with Crippen molar-refractivity contribution >= 4 is 0 Å². The molecule has 0 spiro atoms. The Balaban J connectivity index is 0. The minimum atomic E-state index is -0.539. The van der Waals surface area contributed by atoms with E-state index in [4.69, 9.17) is 5.11 Å². The van der Waals surface area contributed by atoms with Gasteiger partial charge in [0.05, 0.1) is 0 Å². The number of aliphatic hydroxyl groups excluding tert-OH is 1. The van der Waals surface area contributed by atoms with Gasteiger partial charge in [-0.3, -0.25) is 0 Å². The Morgan fingerprint density at radius 3 is 1.91 bits per heavy atom. The summed E-state index contributed by atoms with van der Waals surface area (Å²) in [5.74, 6) is -0.796. The third kappa shape index (κ3) is 5.40. The van der Waals surface area contributed by atoms with Crippen molar-refractivity contribution in [3.8, 4) is 0 Å². The summed E-state index contributed by atoms with van der Waals surface area (Å²) in [4.78, 5) is 0. The van der Waals surface area contributed by atoms with Crippen LogP contribution >= 0.6 is 0 Å². The predicted octanol–water partition coefficient (Wildman–Crippen LogP) is 3.51. The summed E-state index contributed by atoms with van der Waals surface area (Å²) >= 11 is 0. The standard InChI is InChI=1S/C7H9FO.C2H6/c1-4-7(8)5(2)6(3)9;1-2/h4,9H,1,3H2,2H3;1-2H3/b7-5+;. The van der Waals surface area contributed by atoms with Crippen LogP contribution in [0.25, 0.3) is 0 Å². The van der Waals surface area contributed by atoms with Gasteiger partial charge in [0.1, 0.15) is 11.6 Å². The van der Waals surface area contributed by atoms with Gasteiger partial charge in [0.15, 0.2) is 0 Å². The number of allylic oxidation sites excluding steroid dienone is 3. The van der Waals surface area contributed by atoms with E-state index in [0.717, 1.165) is 6.08 Å². The molecule has 1 nitrogen and oxygen atoms in total. The first kappa shape index (κ1) is 12.6. The molecule has 0 saturated heterocycles. The van der Waals surface area contributed by atoms with Gasteiger partial charge in [0.25, 0.3) is 0 Å². The van der Waals surface area contributed by atoms with Crippen molar-refractivity contribution in [3.63, 3.8) is 0 Å². The van der Waals surface area contributed by atoms with E-state index < -0.39 is 5.83 Å². The molecule has 0 aliphatic heterocycles. The zero-order valence-electron chi connectivity index (χ0n) is 7.32. The van der Waals surface area contributed by atoms with Crippen molar-refractivity contribution in [1.29, 1.82) is 0 Å².